The van der Waals surface area contributed by atoms with Crippen LogP contribution in [0.2, 0.25) is 0 Å². The molecular weight excluding hydrogens is 355 g/mol. The number of hydrogen-bond acceptors (Lipinski definition) is 3. The molecule has 0 saturated carbocycles. The Morgan fingerprint density at radius 2 is 1.74 bits per heavy atom. The second kappa shape index (κ2) is 5.69. The lowest BCUT2D eigenvalue weighted by molar-refractivity contribution is 0.127. The summed E-state index contributed by atoms with van der Waals surface area (Å²) in [5.41, 5.74) is 0.263. The third-order valence-electron chi connectivity index (χ3n) is 5.57. The average Bonchev–Trinajstić information content (AvgIpc) is 2.68. The smallest absolute Gasteiger partial charge is 0.266 e. The minimum absolute atomic E-state index is 0.0108. The van der Waals surface area contributed by atoms with Gasteiger partial charge in [0.05, 0.1) is 5.30 Å². The molecule has 3 nitrogen and oxygen atoms in total. The number of allylic oxidation sites excluding steroid dienone is 2. The summed E-state index contributed by atoms with van der Waals surface area (Å²) >= 11 is 0. The number of benzene rings is 3. The first-order chi connectivity index (χ1) is 13.0. The predicted molar refractivity (Wildman–Crippen MR) is 109 cm³/mol. The fraction of sp³-hybridized carbons (Fsp3) is 0.130. The monoisotopic (exact) mass is 374 g/mol. The van der Waals surface area contributed by atoms with Gasteiger partial charge in [-0.15, -0.1) is 0 Å². The van der Waals surface area contributed by atoms with Gasteiger partial charge in [0.15, 0.2) is 0 Å². The van der Waals surface area contributed by atoms with E-state index in [2.05, 4.69) is 6.08 Å². The lowest BCUT2D eigenvalue weighted by Gasteiger charge is -2.44. The van der Waals surface area contributed by atoms with E-state index in [0.717, 1.165) is 10.9 Å². The van der Waals surface area contributed by atoms with Crippen molar-refractivity contribution in [3.8, 4) is 5.75 Å². The van der Waals surface area contributed by atoms with Crippen molar-refractivity contribution in [2.24, 2.45) is 0 Å². The van der Waals surface area contributed by atoms with E-state index in [1.54, 1.807) is 6.07 Å². The van der Waals surface area contributed by atoms with Gasteiger partial charge in [-0.25, -0.2) is 0 Å². The second-order valence-electron chi connectivity index (χ2n) is 7.26. The maximum Gasteiger partial charge on any atom is 0.266 e. The zero-order valence-electron chi connectivity index (χ0n) is 14.9. The lowest BCUT2D eigenvalue weighted by Crippen LogP contribution is -2.43. The summed E-state index contributed by atoms with van der Waals surface area (Å²) in [7, 11) is -3.49. The van der Waals surface area contributed by atoms with E-state index < -0.39 is 13.0 Å². The Balaban J connectivity index is 1.81. The van der Waals surface area contributed by atoms with E-state index in [1.165, 1.54) is 0 Å². The van der Waals surface area contributed by atoms with Crippen molar-refractivity contribution in [3.05, 3.63) is 90.5 Å². The average molecular weight is 374 g/mol. The van der Waals surface area contributed by atoms with E-state index in [1.807, 2.05) is 79.7 Å². The summed E-state index contributed by atoms with van der Waals surface area (Å²) in [6, 6.07) is 18.9. The molecule has 3 aromatic carbocycles. The SMILES string of the molecule is CC12C=CC=CC1c1ccccc1P(=O)(c1ccc3ccccc3c1O)O2. The Kier molecular flexibility index (Phi) is 3.49. The quantitative estimate of drug-likeness (QED) is 0.624. The molecule has 0 spiro atoms. The number of rotatable bonds is 1. The Hall–Kier alpha value is -2.61. The zero-order valence-corrected chi connectivity index (χ0v) is 15.8. The highest BCUT2D eigenvalue weighted by Gasteiger charge is 2.49. The van der Waals surface area contributed by atoms with Crippen LogP contribution < -0.4 is 10.6 Å². The van der Waals surface area contributed by atoms with Crippen molar-refractivity contribution >= 4 is 28.8 Å². The molecule has 0 bridgehead atoms. The highest BCUT2D eigenvalue weighted by atomic mass is 31.2. The molecule has 1 aliphatic carbocycles. The van der Waals surface area contributed by atoms with E-state index in [4.69, 9.17) is 4.52 Å². The first-order valence-corrected chi connectivity index (χ1v) is 10.6. The van der Waals surface area contributed by atoms with Crippen LogP contribution in [0.15, 0.2) is 85.0 Å². The predicted octanol–water partition coefficient (Wildman–Crippen LogP) is 4.77. The van der Waals surface area contributed by atoms with E-state index in [0.29, 0.717) is 16.0 Å². The summed E-state index contributed by atoms with van der Waals surface area (Å²) in [4.78, 5) is 0. The van der Waals surface area contributed by atoms with Crippen LogP contribution in [-0.2, 0) is 9.09 Å². The molecule has 2 aliphatic rings. The van der Waals surface area contributed by atoms with Gasteiger partial charge in [0.2, 0.25) is 0 Å². The van der Waals surface area contributed by atoms with Gasteiger partial charge >= 0.3 is 0 Å². The standard InChI is InChI=1S/C23H19O3P/c1-23-15-7-6-11-19(23)18-10-4-5-12-20(18)27(25,26-23)21-14-13-16-8-2-3-9-17(16)22(21)24/h2-15,19,24H,1H3. The van der Waals surface area contributed by atoms with Crippen LogP contribution in [0.5, 0.6) is 5.75 Å². The van der Waals surface area contributed by atoms with Crippen molar-refractivity contribution in [1.29, 1.82) is 0 Å². The molecule has 1 N–H and O–H groups in total. The summed E-state index contributed by atoms with van der Waals surface area (Å²) in [6.45, 7) is 1.96. The summed E-state index contributed by atoms with van der Waals surface area (Å²) in [5.74, 6) is 0.0204. The number of aromatic hydroxyl groups is 1. The van der Waals surface area contributed by atoms with Gasteiger partial charge in [0.25, 0.3) is 7.37 Å². The normalized spacial score (nSPS) is 28.7. The summed E-state index contributed by atoms with van der Waals surface area (Å²) in [5, 5.41) is 13.6. The Morgan fingerprint density at radius 1 is 0.963 bits per heavy atom. The van der Waals surface area contributed by atoms with Gasteiger partial charge in [-0.3, -0.25) is 4.57 Å². The highest BCUT2D eigenvalue weighted by molar-refractivity contribution is 7.74. The molecule has 0 fully saturated rings. The number of phenolic OH excluding ortho intramolecular Hbond substituents is 1. The number of fused-ring (bicyclic) bond motifs is 4. The first kappa shape index (κ1) is 16.6. The van der Waals surface area contributed by atoms with E-state index in [9.17, 15) is 9.67 Å². The molecule has 134 valence electrons. The minimum Gasteiger partial charge on any atom is -0.506 e. The van der Waals surface area contributed by atoms with Gasteiger partial charge < -0.3 is 9.63 Å². The van der Waals surface area contributed by atoms with E-state index in [-0.39, 0.29) is 11.7 Å². The molecule has 0 amide bonds. The molecule has 0 radical (unpaired) electrons. The van der Waals surface area contributed by atoms with Gasteiger partial charge in [0.1, 0.15) is 11.4 Å². The Morgan fingerprint density at radius 3 is 2.63 bits per heavy atom. The molecule has 3 atom stereocenters. The topological polar surface area (TPSA) is 46.5 Å². The van der Waals surface area contributed by atoms with Gasteiger partial charge in [-0.05, 0) is 30.0 Å². The van der Waals surface area contributed by atoms with Crippen LogP contribution in [0.4, 0.5) is 0 Å². The van der Waals surface area contributed by atoms with Crippen LogP contribution in [0.25, 0.3) is 10.8 Å². The van der Waals surface area contributed by atoms with Crippen molar-refractivity contribution in [2.45, 2.75) is 18.4 Å². The van der Waals surface area contributed by atoms with Crippen LogP contribution in [0.1, 0.15) is 18.4 Å². The van der Waals surface area contributed by atoms with Gasteiger partial charge in [0, 0.05) is 16.6 Å². The summed E-state index contributed by atoms with van der Waals surface area (Å²) < 4.78 is 20.7. The van der Waals surface area contributed by atoms with Crippen molar-refractivity contribution in [3.63, 3.8) is 0 Å². The van der Waals surface area contributed by atoms with Crippen LogP contribution >= 0.6 is 7.37 Å². The second-order valence-corrected chi connectivity index (χ2v) is 9.51. The molecule has 27 heavy (non-hydrogen) atoms. The number of hydrogen-bond donors (Lipinski definition) is 1. The van der Waals surface area contributed by atoms with Crippen LogP contribution in [-0.4, -0.2) is 10.7 Å². The Labute approximate surface area is 158 Å². The highest BCUT2D eigenvalue weighted by Crippen LogP contribution is 2.59. The maximum absolute atomic E-state index is 14.3. The zero-order chi connectivity index (χ0) is 18.6. The summed E-state index contributed by atoms with van der Waals surface area (Å²) in [6.07, 6.45) is 7.96. The third kappa shape index (κ3) is 2.29. The molecule has 5 rings (SSSR count). The molecule has 1 heterocycles. The van der Waals surface area contributed by atoms with Crippen molar-refractivity contribution in [2.75, 3.05) is 0 Å². The molecule has 0 saturated heterocycles. The fourth-order valence-electron chi connectivity index (χ4n) is 4.22. The molecule has 0 aromatic heterocycles. The fourth-order valence-corrected chi connectivity index (χ4v) is 6.91. The Bertz CT molecular complexity index is 1180. The first-order valence-electron chi connectivity index (χ1n) is 9.00. The maximum atomic E-state index is 14.3. The van der Waals surface area contributed by atoms with Crippen molar-refractivity contribution < 1.29 is 14.2 Å². The van der Waals surface area contributed by atoms with Crippen molar-refractivity contribution in [1.82, 2.24) is 0 Å². The van der Waals surface area contributed by atoms with Crippen LogP contribution in [0, 0.1) is 0 Å². The number of phenols is 1. The molecule has 3 unspecified atom stereocenters. The van der Waals surface area contributed by atoms with Gasteiger partial charge in [-0.2, -0.15) is 0 Å². The molecule has 3 aromatic rings. The minimum atomic E-state index is -3.49. The van der Waals surface area contributed by atoms with Crippen LogP contribution in [0.3, 0.4) is 0 Å². The van der Waals surface area contributed by atoms with Gasteiger partial charge in [-0.1, -0.05) is 72.8 Å². The lowest BCUT2D eigenvalue weighted by atomic mass is 9.80. The molecule has 1 aliphatic heterocycles. The largest absolute Gasteiger partial charge is 0.506 e. The molecular formula is C23H19O3P. The third-order valence-corrected chi connectivity index (χ3v) is 8.26. The molecule has 4 heteroatoms. The van der Waals surface area contributed by atoms with E-state index >= 15 is 0 Å².